The molecule has 1 aliphatic rings. The third-order valence-corrected chi connectivity index (χ3v) is 4.29. The highest BCUT2D eigenvalue weighted by Gasteiger charge is 2.28. The fourth-order valence-corrected chi connectivity index (χ4v) is 2.57. The molecule has 20 heavy (non-hydrogen) atoms. The summed E-state index contributed by atoms with van der Waals surface area (Å²) < 4.78 is 11.3. The van der Waals surface area contributed by atoms with E-state index in [1.165, 1.54) is 0 Å². The summed E-state index contributed by atoms with van der Waals surface area (Å²) in [6.07, 6.45) is 3.86. The minimum atomic E-state index is -0.387. The summed E-state index contributed by atoms with van der Waals surface area (Å²) in [5, 5.41) is 0. The van der Waals surface area contributed by atoms with E-state index in [2.05, 4.69) is 27.7 Å². The summed E-state index contributed by atoms with van der Waals surface area (Å²) in [6.45, 7) is 11.7. The standard InChI is InChI=1S/C16H31NO3/c1-6-12(3)17(13(4)7-2)16(18)14(5)20-11-15-9-8-10-19-15/h12-15H,6-11H2,1-5H3/t12-,13-,14-,15-/m0/s1. The summed E-state index contributed by atoms with van der Waals surface area (Å²) in [5.41, 5.74) is 0. The number of ether oxygens (including phenoxy) is 2. The zero-order valence-corrected chi connectivity index (χ0v) is 13.7. The molecule has 1 heterocycles. The highest BCUT2D eigenvalue weighted by atomic mass is 16.5. The molecule has 0 spiro atoms. The summed E-state index contributed by atoms with van der Waals surface area (Å²) in [7, 11) is 0. The van der Waals surface area contributed by atoms with E-state index in [-0.39, 0.29) is 30.2 Å². The minimum Gasteiger partial charge on any atom is -0.376 e. The van der Waals surface area contributed by atoms with E-state index < -0.39 is 0 Å². The molecule has 1 saturated heterocycles. The molecule has 0 aliphatic carbocycles. The number of nitrogens with zero attached hydrogens (tertiary/aromatic N) is 1. The van der Waals surface area contributed by atoms with Crippen molar-refractivity contribution in [3.8, 4) is 0 Å². The molecule has 0 aromatic carbocycles. The van der Waals surface area contributed by atoms with E-state index in [9.17, 15) is 4.79 Å². The Morgan fingerprint density at radius 1 is 1.25 bits per heavy atom. The molecule has 1 fully saturated rings. The Labute approximate surface area is 123 Å². The fraction of sp³-hybridized carbons (Fsp3) is 0.938. The quantitative estimate of drug-likeness (QED) is 0.688. The molecule has 4 atom stereocenters. The second-order valence-corrected chi connectivity index (χ2v) is 5.87. The van der Waals surface area contributed by atoms with Crippen molar-refractivity contribution >= 4 is 5.91 Å². The van der Waals surface area contributed by atoms with Crippen LogP contribution in [0.4, 0.5) is 0 Å². The highest BCUT2D eigenvalue weighted by molar-refractivity contribution is 5.81. The van der Waals surface area contributed by atoms with Crippen LogP contribution in [0.25, 0.3) is 0 Å². The van der Waals surface area contributed by atoms with Gasteiger partial charge in [0.25, 0.3) is 5.91 Å². The van der Waals surface area contributed by atoms with Gasteiger partial charge in [-0.05, 0) is 46.5 Å². The van der Waals surface area contributed by atoms with Crippen LogP contribution in [0.1, 0.15) is 60.3 Å². The lowest BCUT2D eigenvalue weighted by molar-refractivity contribution is -0.149. The average molecular weight is 285 g/mol. The predicted molar refractivity (Wildman–Crippen MR) is 80.7 cm³/mol. The van der Waals surface area contributed by atoms with Gasteiger partial charge in [-0.25, -0.2) is 0 Å². The zero-order valence-electron chi connectivity index (χ0n) is 13.7. The van der Waals surface area contributed by atoms with E-state index >= 15 is 0 Å². The molecule has 0 radical (unpaired) electrons. The van der Waals surface area contributed by atoms with E-state index in [0.29, 0.717) is 6.61 Å². The summed E-state index contributed by atoms with van der Waals surface area (Å²) in [4.78, 5) is 14.6. The number of carbonyl (C=O) groups excluding carboxylic acids is 1. The Balaban J connectivity index is 2.53. The molecule has 0 aromatic rings. The van der Waals surface area contributed by atoms with E-state index in [0.717, 1.165) is 32.3 Å². The van der Waals surface area contributed by atoms with Gasteiger partial charge >= 0.3 is 0 Å². The third kappa shape index (κ3) is 4.74. The van der Waals surface area contributed by atoms with Gasteiger partial charge in [-0.2, -0.15) is 0 Å². The summed E-state index contributed by atoms with van der Waals surface area (Å²) >= 11 is 0. The van der Waals surface area contributed by atoms with Gasteiger partial charge in [0.1, 0.15) is 6.10 Å². The van der Waals surface area contributed by atoms with Gasteiger partial charge in [0.05, 0.1) is 12.7 Å². The van der Waals surface area contributed by atoms with Crippen molar-refractivity contribution in [2.24, 2.45) is 0 Å². The van der Waals surface area contributed by atoms with Crippen LogP contribution >= 0.6 is 0 Å². The van der Waals surface area contributed by atoms with Crippen molar-refractivity contribution in [3.63, 3.8) is 0 Å². The van der Waals surface area contributed by atoms with E-state index in [1.807, 2.05) is 11.8 Å². The molecule has 4 heteroatoms. The van der Waals surface area contributed by atoms with Crippen molar-refractivity contribution in [3.05, 3.63) is 0 Å². The van der Waals surface area contributed by atoms with Crippen LogP contribution in [0, 0.1) is 0 Å². The Morgan fingerprint density at radius 2 is 1.85 bits per heavy atom. The molecule has 0 N–H and O–H groups in total. The van der Waals surface area contributed by atoms with Crippen molar-refractivity contribution in [1.29, 1.82) is 0 Å². The first kappa shape index (κ1) is 17.4. The van der Waals surface area contributed by atoms with Crippen LogP contribution < -0.4 is 0 Å². The van der Waals surface area contributed by atoms with Crippen LogP contribution in [-0.2, 0) is 14.3 Å². The molecule has 0 bridgehead atoms. The van der Waals surface area contributed by atoms with Crippen molar-refractivity contribution in [1.82, 2.24) is 4.90 Å². The molecule has 1 rings (SSSR count). The van der Waals surface area contributed by atoms with Crippen LogP contribution in [-0.4, -0.2) is 48.3 Å². The highest BCUT2D eigenvalue weighted by Crippen LogP contribution is 2.17. The SMILES string of the molecule is CC[C@H](C)N(C(=O)[C@H](C)OC[C@@H]1CCCO1)[C@@H](C)CC. The Morgan fingerprint density at radius 3 is 2.30 bits per heavy atom. The van der Waals surface area contributed by atoms with Crippen LogP contribution in [0.15, 0.2) is 0 Å². The van der Waals surface area contributed by atoms with E-state index in [1.54, 1.807) is 0 Å². The van der Waals surface area contributed by atoms with Crippen molar-refractivity contribution in [2.45, 2.75) is 84.6 Å². The zero-order chi connectivity index (χ0) is 15.1. The van der Waals surface area contributed by atoms with Crippen molar-refractivity contribution < 1.29 is 14.3 Å². The van der Waals surface area contributed by atoms with Crippen LogP contribution in [0.3, 0.4) is 0 Å². The third-order valence-electron chi connectivity index (χ3n) is 4.29. The molecule has 0 saturated carbocycles. The Bertz CT molecular complexity index is 279. The molecule has 1 aliphatic heterocycles. The summed E-state index contributed by atoms with van der Waals surface area (Å²) in [6, 6.07) is 0.512. The second kappa shape index (κ2) is 8.63. The van der Waals surface area contributed by atoms with E-state index in [4.69, 9.17) is 9.47 Å². The lowest BCUT2D eigenvalue weighted by Gasteiger charge is -2.36. The van der Waals surface area contributed by atoms with Crippen LogP contribution in [0.2, 0.25) is 0 Å². The van der Waals surface area contributed by atoms with Gasteiger partial charge in [0.2, 0.25) is 0 Å². The number of carbonyl (C=O) groups is 1. The smallest absolute Gasteiger partial charge is 0.251 e. The summed E-state index contributed by atoms with van der Waals surface area (Å²) in [5.74, 6) is 0.103. The minimum absolute atomic E-state index is 0.103. The van der Waals surface area contributed by atoms with Gasteiger partial charge in [-0.3, -0.25) is 4.79 Å². The van der Waals surface area contributed by atoms with Crippen LogP contribution in [0.5, 0.6) is 0 Å². The fourth-order valence-electron chi connectivity index (χ4n) is 2.57. The Hall–Kier alpha value is -0.610. The lowest BCUT2D eigenvalue weighted by atomic mass is 10.1. The molecular weight excluding hydrogens is 254 g/mol. The molecule has 0 aromatic heterocycles. The molecular formula is C16H31NO3. The Kier molecular flexibility index (Phi) is 7.52. The van der Waals surface area contributed by atoms with Gasteiger partial charge in [0, 0.05) is 18.7 Å². The average Bonchev–Trinajstić information content (AvgIpc) is 2.97. The molecule has 0 unspecified atom stereocenters. The van der Waals surface area contributed by atoms with Gasteiger partial charge in [-0.15, -0.1) is 0 Å². The van der Waals surface area contributed by atoms with Gasteiger partial charge in [-0.1, -0.05) is 13.8 Å². The lowest BCUT2D eigenvalue weighted by Crippen LogP contribution is -2.49. The first-order valence-electron chi connectivity index (χ1n) is 8.06. The molecule has 118 valence electrons. The second-order valence-electron chi connectivity index (χ2n) is 5.87. The predicted octanol–water partition coefficient (Wildman–Crippen LogP) is 3.00. The molecule has 4 nitrogen and oxygen atoms in total. The number of amides is 1. The van der Waals surface area contributed by atoms with Gasteiger partial charge in [0.15, 0.2) is 0 Å². The first-order chi connectivity index (χ1) is 9.51. The topological polar surface area (TPSA) is 38.8 Å². The number of rotatable bonds is 8. The largest absolute Gasteiger partial charge is 0.376 e. The number of hydrogen-bond donors (Lipinski definition) is 0. The van der Waals surface area contributed by atoms with Crippen molar-refractivity contribution in [2.75, 3.05) is 13.2 Å². The first-order valence-corrected chi connectivity index (χ1v) is 8.06. The van der Waals surface area contributed by atoms with Gasteiger partial charge < -0.3 is 14.4 Å². The maximum atomic E-state index is 12.6. The molecule has 1 amide bonds. The maximum Gasteiger partial charge on any atom is 0.251 e. The monoisotopic (exact) mass is 285 g/mol. The number of hydrogen-bond acceptors (Lipinski definition) is 3. The maximum absolute atomic E-state index is 12.6. The normalized spacial score (nSPS) is 23.4.